The van der Waals surface area contributed by atoms with E-state index < -0.39 is 17.8 Å². The first-order valence-corrected chi connectivity index (χ1v) is 7.90. The summed E-state index contributed by atoms with van der Waals surface area (Å²) in [5.74, 6) is 0.212. The Morgan fingerprint density at radius 3 is 2.54 bits per heavy atom. The molecule has 0 radical (unpaired) electrons. The van der Waals surface area contributed by atoms with Crippen LogP contribution >= 0.6 is 0 Å². The van der Waals surface area contributed by atoms with Gasteiger partial charge in [-0.3, -0.25) is 4.57 Å². The number of benzene rings is 1. The van der Waals surface area contributed by atoms with Gasteiger partial charge < -0.3 is 5.32 Å². The zero-order valence-corrected chi connectivity index (χ0v) is 14.1. The van der Waals surface area contributed by atoms with Crippen LogP contribution in [0.2, 0.25) is 0 Å². The smallest absolute Gasteiger partial charge is 0.337 e. The number of aromatic nitrogens is 4. The monoisotopic (exact) mass is 363 g/mol. The van der Waals surface area contributed by atoms with Crippen LogP contribution in [-0.4, -0.2) is 32.1 Å². The fourth-order valence-electron chi connectivity index (χ4n) is 2.59. The molecule has 1 N–H and O–H groups in total. The van der Waals surface area contributed by atoms with Crippen molar-refractivity contribution in [2.75, 3.05) is 6.54 Å². The number of rotatable bonds is 3. The molecule has 0 bridgehead atoms. The molecule has 3 aromatic rings. The molecule has 2 heterocycles. The maximum absolute atomic E-state index is 13.7. The van der Waals surface area contributed by atoms with Gasteiger partial charge in [0.25, 0.3) is 0 Å². The number of imidazole rings is 1. The molecule has 0 unspecified atom stereocenters. The lowest BCUT2D eigenvalue weighted by Crippen LogP contribution is -2.31. The Morgan fingerprint density at radius 1 is 1.23 bits per heavy atom. The van der Waals surface area contributed by atoms with E-state index in [1.807, 2.05) is 13.8 Å². The van der Waals surface area contributed by atoms with Crippen LogP contribution in [0, 0.1) is 5.92 Å². The molecule has 1 amide bonds. The van der Waals surface area contributed by atoms with Crippen LogP contribution in [0.15, 0.2) is 37.2 Å². The minimum atomic E-state index is -4.65. The highest BCUT2D eigenvalue weighted by atomic mass is 19.4. The van der Waals surface area contributed by atoms with Gasteiger partial charge in [-0.15, -0.1) is 0 Å². The summed E-state index contributed by atoms with van der Waals surface area (Å²) in [4.78, 5) is 23.7. The van der Waals surface area contributed by atoms with Gasteiger partial charge in [0.05, 0.1) is 11.1 Å². The first kappa shape index (κ1) is 17.8. The van der Waals surface area contributed by atoms with Crippen LogP contribution in [0.4, 0.5) is 18.0 Å². The second kappa shape index (κ2) is 6.74. The fourth-order valence-corrected chi connectivity index (χ4v) is 2.59. The Kier molecular flexibility index (Phi) is 4.62. The van der Waals surface area contributed by atoms with E-state index in [9.17, 15) is 18.0 Å². The number of hydrogen-bond donors (Lipinski definition) is 1. The average molecular weight is 363 g/mol. The Hall–Kier alpha value is -2.97. The molecule has 0 saturated carbocycles. The van der Waals surface area contributed by atoms with E-state index >= 15 is 0 Å². The number of hydrogen-bond acceptors (Lipinski definition) is 4. The first-order chi connectivity index (χ1) is 12.3. The zero-order chi connectivity index (χ0) is 18.9. The predicted molar refractivity (Wildman–Crippen MR) is 89.4 cm³/mol. The van der Waals surface area contributed by atoms with E-state index in [0.717, 1.165) is 10.9 Å². The van der Waals surface area contributed by atoms with Gasteiger partial charge in [-0.05, 0) is 17.5 Å². The molecule has 0 aliphatic rings. The number of nitrogens with zero attached hydrogens (tertiary/aromatic N) is 4. The second-order valence-corrected chi connectivity index (χ2v) is 6.18. The van der Waals surface area contributed by atoms with E-state index in [0.29, 0.717) is 6.54 Å². The standard InChI is InChI=1S/C17H16F3N5O/c1-10(2)5-23-16(26)25-9-24-15-13(25)4-3-12(14(15)17(18,19)20)11-6-21-8-22-7-11/h3-4,6-10H,5H2,1-2H3,(H,23,26). The minimum Gasteiger partial charge on any atom is -0.337 e. The highest BCUT2D eigenvalue weighted by molar-refractivity contribution is 5.94. The van der Waals surface area contributed by atoms with Crippen LogP contribution < -0.4 is 5.32 Å². The molecular formula is C17H16F3N5O. The van der Waals surface area contributed by atoms with E-state index in [1.165, 1.54) is 30.9 Å². The number of fused-ring (bicyclic) bond motifs is 1. The predicted octanol–water partition coefficient (Wildman–Crippen LogP) is 3.73. The van der Waals surface area contributed by atoms with Gasteiger partial charge in [0.1, 0.15) is 18.2 Å². The van der Waals surface area contributed by atoms with Crippen LogP contribution in [0.5, 0.6) is 0 Å². The summed E-state index contributed by atoms with van der Waals surface area (Å²) in [5, 5.41) is 2.66. The van der Waals surface area contributed by atoms with Crippen molar-refractivity contribution in [3.63, 3.8) is 0 Å². The molecular weight excluding hydrogens is 347 g/mol. The number of nitrogens with one attached hydrogen (secondary N) is 1. The minimum absolute atomic E-state index is 0.0826. The molecule has 3 rings (SSSR count). The van der Waals surface area contributed by atoms with E-state index in [-0.39, 0.29) is 28.1 Å². The van der Waals surface area contributed by atoms with Crippen LogP contribution in [0.1, 0.15) is 19.4 Å². The molecule has 0 fully saturated rings. The summed E-state index contributed by atoms with van der Waals surface area (Å²) in [5.41, 5.74) is -0.989. The topological polar surface area (TPSA) is 72.7 Å². The summed E-state index contributed by atoms with van der Waals surface area (Å²) in [6, 6.07) is 2.22. The van der Waals surface area contributed by atoms with Crippen molar-refractivity contribution in [3.8, 4) is 11.1 Å². The average Bonchev–Trinajstić information content (AvgIpc) is 3.02. The Balaban J connectivity index is 2.15. The molecule has 6 nitrogen and oxygen atoms in total. The third kappa shape index (κ3) is 3.37. The van der Waals surface area contributed by atoms with Gasteiger partial charge in [-0.2, -0.15) is 13.2 Å². The summed E-state index contributed by atoms with van der Waals surface area (Å²) < 4.78 is 42.3. The maximum atomic E-state index is 13.7. The SMILES string of the molecule is CC(C)CNC(=O)n1cnc2c(C(F)(F)F)c(-c3cncnc3)ccc21. The Morgan fingerprint density at radius 2 is 1.92 bits per heavy atom. The maximum Gasteiger partial charge on any atom is 0.419 e. The van der Waals surface area contributed by atoms with Crippen molar-refractivity contribution >= 4 is 17.1 Å². The summed E-state index contributed by atoms with van der Waals surface area (Å²) in [6.45, 7) is 4.24. The van der Waals surface area contributed by atoms with Crippen molar-refractivity contribution in [2.45, 2.75) is 20.0 Å². The van der Waals surface area contributed by atoms with Gasteiger partial charge in [0.15, 0.2) is 0 Å². The number of carbonyl (C=O) groups is 1. The van der Waals surface area contributed by atoms with Gasteiger partial charge in [-0.1, -0.05) is 19.9 Å². The molecule has 1 aromatic carbocycles. The lowest BCUT2D eigenvalue weighted by atomic mass is 10.00. The van der Waals surface area contributed by atoms with Crippen molar-refractivity contribution < 1.29 is 18.0 Å². The van der Waals surface area contributed by atoms with E-state index in [4.69, 9.17) is 0 Å². The normalized spacial score (nSPS) is 11.9. The van der Waals surface area contributed by atoms with E-state index in [1.54, 1.807) is 0 Å². The highest BCUT2D eigenvalue weighted by Crippen LogP contribution is 2.40. The third-order valence-corrected chi connectivity index (χ3v) is 3.75. The number of halogens is 3. The van der Waals surface area contributed by atoms with Crippen LogP contribution in [0.25, 0.3) is 22.2 Å². The Bertz CT molecular complexity index is 935. The molecule has 9 heteroatoms. The molecule has 26 heavy (non-hydrogen) atoms. The number of amides is 1. The first-order valence-electron chi connectivity index (χ1n) is 7.90. The molecule has 0 aliphatic carbocycles. The zero-order valence-electron chi connectivity index (χ0n) is 14.1. The number of alkyl halides is 3. The van der Waals surface area contributed by atoms with E-state index in [2.05, 4.69) is 20.3 Å². The Labute approximate surface area is 147 Å². The quantitative estimate of drug-likeness (QED) is 0.770. The third-order valence-electron chi connectivity index (χ3n) is 3.75. The van der Waals surface area contributed by atoms with Gasteiger partial charge in [0, 0.05) is 24.5 Å². The molecule has 0 saturated heterocycles. The molecule has 0 aliphatic heterocycles. The second-order valence-electron chi connectivity index (χ2n) is 6.18. The van der Waals surface area contributed by atoms with Crippen molar-refractivity contribution in [3.05, 3.63) is 42.7 Å². The molecule has 0 atom stereocenters. The van der Waals surface area contributed by atoms with Crippen molar-refractivity contribution in [1.82, 2.24) is 24.8 Å². The fraction of sp³-hybridized carbons (Fsp3) is 0.294. The van der Waals surface area contributed by atoms with Gasteiger partial charge >= 0.3 is 12.2 Å². The van der Waals surface area contributed by atoms with Crippen LogP contribution in [0.3, 0.4) is 0 Å². The summed E-state index contributed by atoms with van der Waals surface area (Å²) in [6.07, 6.45) is 0.285. The summed E-state index contributed by atoms with van der Waals surface area (Å²) >= 11 is 0. The van der Waals surface area contributed by atoms with Crippen LogP contribution in [-0.2, 0) is 6.18 Å². The molecule has 136 valence electrons. The lowest BCUT2D eigenvalue weighted by molar-refractivity contribution is -0.135. The molecule has 2 aromatic heterocycles. The van der Waals surface area contributed by atoms with Gasteiger partial charge in [-0.25, -0.2) is 19.7 Å². The highest BCUT2D eigenvalue weighted by Gasteiger charge is 2.37. The van der Waals surface area contributed by atoms with Gasteiger partial charge in [0.2, 0.25) is 0 Å². The van der Waals surface area contributed by atoms with Crippen molar-refractivity contribution in [2.24, 2.45) is 5.92 Å². The lowest BCUT2D eigenvalue weighted by Gasteiger charge is -2.14. The summed E-state index contributed by atoms with van der Waals surface area (Å²) in [7, 11) is 0. The largest absolute Gasteiger partial charge is 0.419 e. The van der Waals surface area contributed by atoms with Crippen molar-refractivity contribution in [1.29, 1.82) is 0 Å². The molecule has 0 spiro atoms. The number of carbonyl (C=O) groups excluding carboxylic acids is 1.